The van der Waals surface area contributed by atoms with E-state index in [1.165, 1.54) is 5.57 Å². The van der Waals surface area contributed by atoms with Crippen molar-refractivity contribution in [3.63, 3.8) is 0 Å². The number of aliphatic hydroxyl groups excluding tert-OH is 1. The summed E-state index contributed by atoms with van der Waals surface area (Å²) in [7, 11) is 0. The Morgan fingerprint density at radius 3 is 2.82 bits per heavy atom. The number of hydrogen-bond acceptors (Lipinski definition) is 3. The molecular formula is C11H18N2O4. The smallest absolute Gasteiger partial charge is 0.332 e. The lowest BCUT2D eigenvalue weighted by molar-refractivity contribution is -0.146. The van der Waals surface area contributed by atoms with Gasteiger partial charge in [0.15, 0.2) is 6.10 Å². The number of carbonyl (C=O) groups is 2. The minimum absolute atomic E-state index is 0.0176. The van der Waals surface area contributed by atoms with Crippen molar-refractivity contribution in [3.8, 4) is 0 Å². The first kappa shape index (κ1) is 13.5. The molecule has 2 amide bonds. The molecule has 1 atom stereocenters. The molecule has 17 heavy (non-hydrogen) atoms. The number of aliphatic hydroxyl groups is 1. The van der Waals surface area contributed by atoms with Gasteiger partial charge in [0.25, 0.3) is 0 Å². The van der Waals surface area contributed by atoms with E-state index in [0.29, 0.717) is 13.1 Å². The summed E-state index contributed by atoms with van der Waals surface area (Å²) < 4.78 is 0. The first-order valence-corrected chi connectivity index (χ1v) is 5.60. The average molecular weight is 242 g/mol. The molecule has 0 bridgehead atoms. The van der Waals surface area contributed by atoms with Crippen molar-refractivity contribution in [2.45, 2.75) is 25.9 Å². The molecule has 1 unspecified atom stereocenters. The molecule has 0 aromatic carbocycles. The second-order valence-electron chi connectivity index (χ2n) is 4.12. The Labute approximate surface area is 99.9 Å². The molecule has 0 saturated carbocycles. The first-order chi connectivity index (χ1) is 8.00. The SMILES string of the molecule is CC1=CCN(C(=O)NCCC(O)C(=O)O)CC1. The fourth-order valence-electron chi connectivity index (χ4n) is 1.51. The number of carbonyl (C=O) groups excluding carboxylic acids is 1. The summed E-state index contributed by atoms with van der Waals surface area (Å²) >= 11 is 0. The van der Waals surface area contributed by atoms with Crippen LogP contribution in [0.4, 0.5) is 4.79 Å². The molecule has 0 aromatic heterocycles. The molecular weight excluding hydrogens is 224 g/mol. The lowest BCUT2D eigenvalue weighted by Crippen LogP contribution is -2.43. The van der Waals surface area contributed by atoms with Gasteiger partial charge in [-0.05, 0) is 13.3 Å². The van der Waals surface area contributed by atoms with E-state index in [1.807, 2.05) is 13.0 Å². The maximum atomic E-state index is 11.6. The standard InChI is InChI=1S/C11H18N2O4/c1-8-3-6-13(7-4-8)11(17)12-5-2-9(14)10(15)16/h3,9,14H,2,4-7H2,1H3,(H,12,17)(H,15,16). The Hall–Kier alpha value is -1.56. The Balaban J connectivity index is 2.24. The van der Waals surface area contributed by atoms with E-state index in [-0.39, 0.29) is 19.0 Å². The van der Waals surface area contributed by atoms with Gasteiger partial charge in [0.1, 0.15) is 0 Å². The largest absolute Gasteiger partial charge is 0.479 e. The van der Waals surface area contributed by atoms with Crippen LogP contribution in [-0.2, 0) is 4.79 Å². The Morgan fingerprint density at radius 1 is 1.59 bits per heavy atom. The normalized spacial score (nSPS) is 17.3. The first-order valence-electron chi connectivity index (χ1n) is 5.60. The molecule has 6 nitrogen and oxygen atoms in total. The highest BCUT2D eigenvalue weighted by atomic mass is 16.4. The number of carboxylic acids is 1. The molecule has 0 spiro atoms. The van der Waals surface area contributed by atoms with Crippen LogP contribution in [0.25, 0.3) is 0 Å². The van der Waals surface area contributed by atoms with Crippen LogP contribution in [0, 0.1) is 0 Å². The highest BCUT2D eigenvalue weighted by molar-refractivity contribution is 5.75. The fraction of sp³-hybridized carbons (Fsp3) is 0.636. The lowest BCUT2D eigenvalue weighted by Gasteiger charge is -2.25. The van der Waals surface area contributed by atoms with Gasteiger partial charge in [-0.15, -0.1) is 0 Å². The van der Waals surface area contributed by atoms with Crippen molar-refractivity contribution in [2.75, 3.05) is 19.6 Å². The molecule has 0 radical (unpaired) electrons. The van der Waals surface area contributed by atoms with Crippen molar-refractivity contribution in [3.05, 3.63) is 11.6 Å². The zero-order valence-corrected chi connectivity index (χ0v) is 9.85. The third-order valence-corrected chi connectivity index (χ3v) is 2.70. The third-order valence-electron chi connectivity index (χ3n) is 2.70. The zero-order valence-electron chi connectivity index (χ0n) is 9.85. The van der Waals surface area contributed by atoms with Gasteiger partial charge in [-0.1, -0.05) is 11.6 Å². The van der Waals surface area contributed by atoms with Gasteiger partial charge in [0, 0.05) is 26.1 Å². The molecule has 1 aliphatic heterocycles. The summed E-state index contributed by atoms with van der Waals surface area (Å²) in [5.41, 5.74) is 1.27. The Kier molecular flexibility index (Phi) is 4.96. The van der Waals surface area contributed by atoms with Crippen molar-refractivity contribution >= 4 is 12.0 Å². The van der Waals surface area contributed by atoms with E-state index < -0.39 is 12.1 Å². The van der Waals surface area contributed by atoms with Gasteiger partial charge in [-0.2, -0.15) is 0 Å². The number of hydrogen-bond donors (Lipinski definition) is 3. The molecule has 0 saturated heterocycles. The van der Waals surface area contributed by atoms with Gasteiger partial charge in [-0.3, -0.25) is 0 Å². The highest BCUT2D eigenvalue weighted by Crippen LogP contribution is 2.09. The van der Waals surface area contributed by atoms with E-state index in [9.17, 15) is 9.59 Å². The van der Waals surface area contributed by atoms with E-state index in [1.54, 1.807) is 4.90 Å². The summed E-state index contributed by atoms with van der Waals surface area (Å²) in [6.45, 7) is 3.44. The minimum atomic E-state index is -1.42. The van der Waals surface area contributed by atoms with Crippen LogP contribution in [0.15, 0.2) is 11.6 Å². The summed E-state index contributed by atoms with van der Waals surface area (Å²) in [4.78, 5) is 23.6. The Morgan fingerprint density at radius 2 is 2.29 bits per heavy atom. The number of urea groups is 1. The maximum absolute atomic E-state index is 11.6. The van der Waals surface area contributed by atoms with Crippen molar-refractivity contribution in [2.24, 2.45) is 0 Å². The minimum Gasteiger partial charge on any atom is -0.479 e. The van der Waals surface area contributed by atoms with Crippen LogP contribution in [-0.4, -0.2) is 52.9 Å². The summed E-state index contributed by atoms with van der Waals surface area (Å²) in [6.07, 6.45) is 1.46. The zero-order chi connectivity index (χ0) is 12.8. The van der Waals surface area contributed by atoms with Crippen LogP contribution < -0.4 is 5.32 Å². The fourth-order valence-corrected chi connectivity index (χ4v) is 1.51. The predicted molar refractivity (Wildman–Crippen MR) is 61.6 cm³/mol. The quantitative estimate of drug-likeness (QED) is 0.614. The van der Waals surface area contributed by atoms with E-state index in [2.05, 4.69) is 5.32 Å². The van der Waals surface area contributed by atoms with Gasteiger partial charge >= 0.3 is 12.0 Å². The number of nitrogens with zero attached hydrogens (tertiary/aromatic N) is 1. The number of amides is 2. The van der Waals surface area contributed by atoms with E-state index >= 15 is 0 Å². The molecule has 0 aliphatic carbocycles. The lowest BCUT2D eigenvalue weighted by atomic mass is 10.1. The molecule has 96 valence electrons. The van der Waals surface area contributed by atoms with Gasteiger partial charge in [0.05, 0.1) is 0 Å². The molecule has 0 fully saturated rings. The molecule has 0 aromatic rings. The summed E-state index contributed by atoms with van der Waals surface area (Å²) in [5.74, 6) is -1.27. The van der Waals surface area contributed by atoms with E-state index in [0.717, 1.165) is 6.42 Å². The maximum Gasteiger partial charge on any atom is 0.332 e. The van der Waals surface area contributed by atoms with Gasteiger partial charge in [-0.25, -0.2) is 9.59 Å². The Bertz CT molecular complexity index is 327. The molecule has 3 N–H and O–H groups in total. The van der Waals surface area contributed by atoms with Crippen molar-refractivity contribution in [1.82, 2.24) is 10.2 Å². The van der Waals surface area contributed by atoms with Crippen LogP contribution in [0.5, 0.6) is 0 Å². The number of nitrogens with one attached hydrogen (secondary N) is 1. The highest BCUT2D eigenvalue weighted by Gasteiger charge is 2.17. The van der Waals surface area contributed by atoms with Crippen LogP contribution in [0.1, 0.15) is 19.8 Å². The average Bonchev–Trinajstić information content (AvgIpc) is 2.29. The van der Waals surface area contributed by atoms with Crippen LogP contribution in [0.2, 0.25) is 0 Å². The second kappa shape index (κ2) is 6.24. The molecule has 1 rings (SSSR count). The second-order valence-corrected chi connectivity index (χ2v) is 4.12. The monoisotopic (exact) mass is 242 g/mol. The van der Waals surface area contributed by atoms with Crippen LogP contribution in [0.3, 0.4) is 0 Å². The summed E-state index contributed by atoms with van der Waals surface area (Å²) in [5, 5.41) is 20.0. The predicted octanol–water partition coefficient (Wildman–Crippen LogP) is 0.184. The van der Waals surface area contributed by atoms with Gasteiger partial charge in [0.2, 0.25) is 0 Å². The number of aliphatic carboxylic acids is 1. The number of carboxylic acid groups (broad SMARTS) is 1. The van der Waals surface area contributed by atoms with E-state index in [4.69, 9.17) is 10.2 Å². The van der Waals surface area contributed by atoms with Gasteiger partial charge < -0.3 is 20.4 Å². The topological polar surface area (TPSA) is 89.9 Å². The third kappa shape index (κ3) is 4.44. The molecule has 1 heterocycles. The molecule has 1 aliphatic rings. The summed E-state index contributed by atoms with van der Waals surface area (Å²) in [6, 6.07) is -0.216. The number of rotatable bonds is 4. The van der Waals surface area contributed by atoms with Crippen molar-refractivity contribution in [1.29, 1.82) is 0 Å². The van der Waals surface area contributed by atoms with Crippen LogP contribution >= 0.6 is 0 Å². The van der Waals surface area contributed by atoms with Crippen molar-refractivity contribution < 1.29 is 19.8 Å². The molecule has 6 heteroatoms.